The van der Waals surface area contributed by atoms with Gasteiger partial charge >= 0.3 is 0 Å². The van der Waals surface area contributed by atoms with Gasteiger partial charge in [-0.25, -0.2) is 0 Å². The molecule has 1 N–H and O–H groups in total. The van der Waals surface area contributed by atoms with Crippen LogP contribution in [0.15, 0.2) is 42.5 Å². The van der Waals surface area contributed by atoms with Crippen LogP contribution in [0.25, 0.3) is 0 Å². The van der Waals surface area contributed by atoms with E-state index in [9.17, 15) is 9.59 Å². The van der Waals surface area contributed by atoms with Crippen molar-refractivity contribution in [2.24, 2.45) is 0 Å². The van der Waals surface area contributed by atoms with Crippen LogP contribution >= 0.6 is 23.2 Å². The van der Waals surface area contributed by atoms with Crippen molar-refractivity contribution in [1.82, 2.24) is 10.2 Å². The zero-order valence-corrected chi connectivity index (χ0v) is 19.4. The zero-order valence-electron chi connectivity index (χ0n) is 17.9. The summed E-state index contributed by atoms with van der Waals surface area (Å²) in [6.07, 6.45) is 4.23. The van der Waals surface area contributed by atoms with Crippen LogP contribution in [0.1, 0.15) is 43.7 Å². The lowest BCUT2D eigenvalue weighted by molar-refractivity contribution is -0.142. The first-order chi connectivity index (χ1) is 14.8. The monoisotopic (exact) mass is 462 g/mol. The average molecular weight is 463 g/mol. The molecule has 0 bridgehead atoms. The second kappa shape index (κ2) is 10.9. The minimum absolute atomic E-state index is 0.142. The predicted molar refractivity (Wildman–Crippen MR) is 124 cm³/mol. The SMILES string of the molecule is Cc1cc(OCC(=O)N(Cc2ccc(Cl)cc2)[C@H](C)C(=O)NC2CCCC2)ccc1Cl. The third-order valence-electron chi connectivity index (χ3n) is 5.63. The highest BCUT2D eigenvalue weighted by atomic mass is 35.5. The van der Waals surface area contributed by atoms with Crippen molar-refractivity contribution >= 4 is 35.0 Å². The molecule has 0 spiro atoms. The Morgan fingerprint density at radius 2 is 1.81 bits per heavy atom. The first-order valence-electron chi connectivity index (χ1n) is 10.6. The second-order valence-corrected chi connectivity index (χ2v) is 8.86. The molecule has 1 fully saturated rings. The van der Waals surface area contributed by atoms with E-state index in [-0.39, 0.29) is 31.0 Å². The number of ether oxygens (including phenoxy) is 1. The van der Waals surface area contributed by atoms with E-state index in [1.165, 1.54) is 0 Å². The quantitative estimate of drug-likeness (QED) is 0.589. The van der Waals surface area contributed by atoms with E-state index in [1.807, 2.05) is 19.1 Å². The number of carbonyl (C=O) groups is 2. The molecule has 0 unspecified atom stereocenters. The smallest absolute Gasteiger partial charge is 0.261 e. The van der Waals surface area contributed by atoms with Crippen LogP contribution in [0.4, 0.5) is 0 Å². The van der Waals surface area contributed by atoms with Crippen LogP contribution in [0, 0.1) is 6.92 Å². The molecule has 2 aromatic carbocycles. The second-order valence-electron chi connectivity index (χ2n) is 8.01. The van der Waals surface area contributed by atoms with Gasteiger partial charge in [0.25, 0.3) is 5.91 Å². The van der Waals surface area contributed by atoms with Crippen molar-refractivity contribution < 1.29 is 14.3 Å². The third-order valence-corrected chi connectivity index (χ3v) is 6.30. The van der Waals surface area contributed by atoms with Gasteiger partial charge in [-0.3, -0.25) is 9.59 Å². The molecule has 0 saturated heterocycles. The Labute approximate surface area is 193 Å². The highest BCUT2D eigenvalue weighted by Crippen LogP contribution is 2.22. The Morgan fingerprint density at radius 3 is 2.45 bits per heavy atom. The molecule has 0 heterocycles. The number of nitrogens with one attached hydrogen (secondary N) is 1. The van der Waals surface area contributed by atoms with E-state index >= 15 is 0 Å². The summed E-state index contributed by atoms with van der Waals surface area (Å²) < 4.78 is 5.70. The van der Waals surface area contributed by atoms with Gasteiger partial charge in [0.05, 0.1) is 0 Å². The first kappa shape index (κ1) is 23.4. The van der Waals surface area contributed by atoms with E-state index in [0.29, 0.717) is 15.8 Å². The van der Waals surface area contributed by atoms with E-state index < -0.39 is 6.04 Å². The minimum Gasteiger partial charge on any atom is -0.484 e. The fourth-order valence-corrected chi connectivity index (χ4v) is 3.94. The number of hydrogen-bond donors (Lipinski definition) is 1. The Balaban J connectivity index is 1.71. The van der Waals surface area contributed by atoms with Gasteiger partial charge in [0, 0.05) is 22.6 Å². The normalized spacial score (nSPS) is 14.8. The molecule has 31 heavy (non-hydrogen) atoms. The number of nitrogens with zero attached hydrogens (tertiary/aromatic N) is 1. The molecule has 5 nitrogen and oxygen atoms in total. The standard InChI is InChI=1S/C24H28Cl2N2O3/c1-16-13-21(11-12-22(16)26)31-15-23(29)28(14-18-7-9-19(25)10-8-18)17(2)24(30)27-20-5-3-4-6-20/h7-13,17,20H,3-6,14-15H2,1-2H3,(H,27,30)/t17-/m1/s1. The lowest BCUT2D eigenvalue weighted by atomic mass is 10.1. The number of hydrogen-bond acceptors (Lipinski definition) is 3. The molecule has 1 atom stereocenters. The third kappa shape index (κ3) is 6.62. The molecule has 0 aliphatic heterocycles. The van der Waals surface area contributed by atoms with Crippen molar-refractivity contribution in [1.29, 1.82) is 0 Å². The topological polar surface area (TPSA) is 58.6 Å². The predicted octanol–water partition coefficient (Wildman–Crippen LogP) is 5.16. The Morgan fingerprint density at radius 1 is 1.13 bits per heavy atom. The number of benzene rings is 2. The van der Waals surface area contributed by atoms with E-state index in [4.69, 9.17) is 27.9 Å². The number of carbonyl (C=O) groups excluding carboxylic acids is 2. The lowest BCUT2D eigenvalue weighted by Gasteiger charge is -2.29. The molecule has 2 aromatic rings. The van der Waals surface area contributed by atoms with Gasteiger partial charge in [-0.15, -0.1) is 0 Å². The van der Waals surface area contributed by atoms with Crippen LogP contribution < -0.4 is 10.1 Å². The van der Waals surface area contributed by atoms with E-state index in [0.717, 1.165) is 36.8 Å². The molecule has 2 amide bonds. The Bertz CT molecular complexity index is 912. The van der Waals surface area contributed by atoms with Crippen molar-refractivity contribution in [3.05, 3.63) is 63.6 Å². The summed E-state index contributed by atoms with van der Waals surface area (Å²) in [4.78, 5) is 27.5. The summed E-state index contributed by atoms with van der Waals surface area (Å²) in [7, 11) is 0. The lowest BCUT2D eigenvalue weighted by Crippen LogP contribution is -2.50. The van der Waals surface area contributed by atoms with Crippen molar-refractivity contribution in [3.63, 3.8) is 0 Å². The molecule has 1 aliphatic rings. The molecule has 7 heteroatoms. The van der Waals surface area contributed by atoms with Gasteiger partial charge in [-0.05, 0) is 68.1 Å². The van der Waals surface area contributed by atoms with Gasteiger partial charge in [0.2, 0.25) is 5.91 Å². The average Bonchev–Trinajstić information content (AvgIpc) is 3.26. The van der Waals surface area contributed by atoms with Crippen molar-refractivity contribution in [2.75, 3.05) is 6.61 Å². The first-order valence-corrected chi connectivity index (χ1v) is 11.3. The highest BCUT2D eigenvalue weighted by Gasteiger charge is 2.28. The molecule has 0 aromatic heterocycles. The van der Waals surface area contributed by atoms with Crippen LogP contribution in [0.3, 0.4) is 0 Å². The summed E-state index contributed by atoms with van der Waals surface area (Å²) in [6, 6.07) is 12.1. The van der Waals surface area contributed by atoms with Crippen molar-refractivity contribution in [2.45, 2.75) is 58.2 Å². The van der Waals surface area contributed by atoms with Gasteiger partial charge in [-0.2, -0.15) is 0 Å². The van der Waals surface area contributed by atoms with Crippen LogP contribution in [-0.4, -0.2) is 35.4 Å². The minimum atomic E-state index is -0.626. The number of halogens is 2. The van der Waals surface area contributed by atoms with Gasteiger partial charge in [0.1, 0.15) is 11.8 Å². The van der Waals surface area contributed by atoms with Gasteiger partial charge in [-0.1, -0.05) is 48.2 Å². The summed E-state index contributed by atoms with van der Waals surface area (Å²) in [6.45, 7) is 3.75. The molecular formula is C24H28Cl2N2O3. The van der Waals surface area contributed by atoms with E-state index in [1.54, 1.807) is 42.2 Å². The summed E-state index contributed by atoms with van der Waals surface area (Å²) in [5, 5.41) is 4.35. The van der Waals surface area contributed by atoms with Crippen LogP contribution in [0.2, 0.25) is 10.0 Å². The summed E-state index contributed by atoms with van der Waals surface area (Å²) >= 11 is 12.0. The zero-order chi connectivity index (χ0) is 22.4. The molecule has 3 rings (SSSR count). The molecule has 1 saturated carbocycles. The van der Waals surface area contributed by atoms with E-state index in [2.05, 4.69) is 5.32 Å². The molecule has 0 radical (unpaired) electrons. The maximum absolute atomic E-state index is 13.1. The van der Waals surface area contributed by atoms with Crippen molar-refractivity contribution in [3.8, 4) is 5.75 Å². The fraction of sp³-hybridized carbons (Fsp3) is 0.417. The largest absolute Gasteiger partial charge is 0.484 e. The van der Waals surface area contributed by atoms with Crippen LogP contribution in [-0.2, 0) is 16.1 Å². The fourth-order valence-electron chi connectivity index (χ4n) is 3.70. The Kier molecular flexibility index (Phi) is 8.22. The number of amides is 2. The Hall–Kier alpha value is -2.24. The van der Waals surface area contributed by atoms with Gasteiger partial charge < -0.3 is 15.0 Å². The number of rotatable bonds is 8. The molecular weight excluding hydrogens is 435 g/mol. The van der Waals surface area contributed by atoms with Crippen LogP contribution in [0.5, 0.6) is 5.75 Å². The highest BCUT2D eigenvalue weighted by molar-refractivity contribution is 6.31. The molecule has 166 valence electrons. The number of aryl methyl sites for hydroxylation is 1. The summed E-state index contributed by atoms with van der Waals surface area (Å²) in [5.41, 5.74) is 1.76. The maximum Gasteiger partial charge on any atom is 0.261 e. The van der Waals surface area contributed by atoms with Gasteiger partial charge in [0.15, 0.2) is 6.61 Å². The summed E-state index contributed by atoms with van der Waals surface area (Å²) in [5.74, 6) is 0.151. The molecule has 1 aliphatic carbocycles. The maximum atomic E-state index is 13.1.